The molecule has 0 aromatic heterocycles. The Morgan fingerprint density at radius 1 is 1.20 bits per heavy atom. The van der Waals surface area contributed by atoms with Crippen molar-refractivity contribution in [3.05, 3.63) is 28.8 Å². The Labute approximate surface area is 184 Å². The zero-order chi connectivity index (χ0) is 22.5. The number of nitrogens with one attached hydrogen (secondary N) is 1. The van der Waals surface area contributed by atoms with Crippen LogP contribution >= 0.6 is 11.6 Å². The number of ether oxygens (including phenoxy) is 1. The Morgan fingerprint density at radius 3 is 2.50 bits per heavy atom. The molecule has 30 heavy (non-hydrogen) atoms. The molecule has 0 saturated heterocycles. The third-order valence-corrected chi connectivity index (χ3v) is 8.41. The summed E-state index contributed by atoms with van der Waals surface area (Å²) in [4.78, 5) is 24.5. The second-order valence-corrected chi connectivity index (χ2v) is 10.1. The number of benzene rings is 1. The Bertz CT molecular complexity index is 870. The predicted molar refractivity (Wildman–Crippen MR) is 116 cm³/mol. The maximum Gasteiger partial charge on any atom is 0.338 e. The van der Waals surface area contributed by atoms with Gasteiger partial charge >= 0.3 is 5.97 Å². The maximum atomic E-state index is 12.8. The molecule has 7 nitrogen and oxygen atoms in total. The molecule has 1 aliphatic rings. The van der Waals surface area contributed by atoms with E-state index < -0.39 is 22.6 Å². The fourth-order valence-electron chi connectivity index (χ4n) is 3.78. The molecule has 0 heterocycles. The molecule has 0 spiro atoms. The topological polar surface area (TPSA) is 92.8 Å². The van der Waals surface area contributed by atoms with Crippen molar-refractivity contribution in [2.24, 2.45) is 11.8 Å². The van der Waals surface area contributed by atoms with Gasteiger partial charge in [0.2, 0.25) is 10.0 Å². The maximum absolute atomic E-state index is 12.8. The van der Waals surface area contributed by atoms with Crippen molar-refractivity contribution in [1.29, 1.82) is 0 Å². The van der Waals surface area contributed by atoms with Gasteiger partial charge in [0.1, 0.15) is 4.90 Å². The van der Waals surface area contributed by atoms with E-state index in [2.05, 4.69) is 19.2 Å². The average molecular weight is 459 g/mol. The standard InChI is InChI=1S/C21H31ClN2O5S/c1-5-24(6-2)30(27,28)19-12-16(10-11-17(19)22)21(26)29-13-20(25)23-18-9-7-8-14(3)15(18)4/h10-12,14-15,18H,5-9,13H2,1-4H3,(H,23,25)/t14-,15-,18-/m1/s1. The zero-order valence-corrected chi connectivity index (χ0v) is 19.6. The van der Waals surface area contributed by atoms with Gasteiger partial charge in [0, 0.05) is 19.1 Å². The summed E-state index contributed by atoms with van der Waals surface area (Å²) >= 11 is 6.08. The summed E-state index contributed by atoms with van der Waals surface area (Å²) in [6.07, 6.45) is 3.12. The smallest absolute Gasteiger partial charge is 0.338 e. The molecular weight excluding hydrogens is 428 g/mol. The molecule has 1 amide bonds. The van der Waals surface area contributed by atoms with Crippen LogP contribution in [0.4, 0.5) is 0 Å². The minimum atomic E-state index is -3.84. The number of rotatable bonds is 8. The van der Waals surface area contributed by atoms with Crippen LogP contribution in [0.25, 0.3) is 0 Å². The van der Waals surface area contributed by atoms with Gasteiger partial charge in [-0.1, -0.05) is 52.1 Å². The molecule has 1 aliphatic carbocycles. The van der Waals surface area contributed by atoms with Crippen LogP contribution in [0.15, 0.2) is 23.1 Å². The number of amides is 1. The summed E-state index contributed by atoms with van der Waals surface area (Å²) in [5.74, 6) is -0.239. The van der Waals surface area contributed by atoms with Gasteiger partial charge in [-0.05, 0) is 36.5 Å². The van der Waals surface area contributed by atoms with Gasteiger partial charge in [0.15, 0.2) is 6.61 Å². The predicted octanol–water partition coefficient (Wildman–Crippen LogP) is 3.47. The van der Waals surface area contributed by atoms with Gasteiger partial charge in [-0.3, -0.25) is 4.79 Å². The summed E-state index contributed by atoms with van der Waals surface area (Å²) in [5, 5.41) is 2.97. The lowest BCUT2D eigenvalue weighted by atomic mass is 9.78. The quantitative estimate of drug-likeness (QED) is 0.602. The highest BCUT2D eigenvalue weighted by atomic mass is 35.5. The number of halogens is 1. The number of hydrogen-bond acceptors (Lipinski definition) is 5. The molecule has 0 radical (unpaired) electrons. The third-order valence-electron chi connectivity index (χ3n) is 5.88. The fourth-order valence-corrected chi connectivity index (χ4v) is 5.74. The number of carbonyl (C=O) groups is 2. The van der Waals surface area contributed by atoms with E-state index in [1.165, 1.54) is 22.5 Å². The minimum Gasteiger partial charge on any atom is -0.452 e. The van der Waals surface area contributed by atoms with Crippen LogP contribution in [0.1, 0.15) is 57.3 Å². The molecule has 9 heteroatoms. The van der Waals surface area contributed by atoms with Crippen molar-refractivity contribution < 1.29 is 22.7 Å². The largest absolute Gasteiger partial charge is 0.452 e. The first kappa shape index (κ1) is 24.6. The second-order valence-electron chi connectivity index (χ2n) is 7.75. The van der Waals surface area contributed by atoms with Crippen LogP contribution < -0.4 is 5.32 Å². The molecule has 1 N–H and O–H groups in total. The molecule has 0 unspecified atom stereocenters. The normalized spacial score (nSPS) is 22.0. The number of nitrogens with zero attached hydrogens (tertiary/aromatic N) is 1. The second kappa shape index (κ2) is 10.6. The van der Waals surface area contributed by atoms with Crippen molar-refractivity contribution in [1.82, 2.24) is 9.62 Å². The summed E-state index contributed by atoms with van der Waals surface area (Å²) in [7, 11) is -3.84. The highest BCUT2D eigenvalue weighted by molar-refractivity contribution is 7.89. The molecule has 0 bridgehead atoms. The molecule has 0 aliphatic heterocycles. The Balaban J connectivity index is 2.04. The van der Waals surface area contributed by atoms with E-state index in [1.54, 1.807) is 13.8 Å². The van der Waals surface area contributed by atoms with Gasteiger partial charge in [-0.25, -0.2) is 13.2 Å². The van der Waals surface area contributed by atoms with Crippen molar-refractivity contribution in [2.45, 2.75) is 57.9 Å². The summed E-state index contributed by atoms with van der Waals surface area (Å²) in [5.41, 5.74) is 0.0255. The van der Waals surface area contributed by atoms with Gasteiger partial charge in [-0.2, -0.15) is 4.31 Å². The number of sulfonamides is 1. The van der Waals surface area contributed by atoms with E-state index in [1.807, 2.05) is 0 Å². The monoisotopic (exact) mass is 458 g/mol. The SMILES string of the molecule is CCN(CC)S(=O)(=O)c1cc(C(=O)OCC(=O)N[C@@H]2CCC[C@@H](C)[C@H]2C)ccc1Cl. The van der Waals surface area contributed by atoms with Crippen LogP contribution in [-0.2, 0) is 19.6 Å². The van der Waals surface area contributed by atoms with Gasteiger partial charge < -0.3 is 10.1 Å². The van der Waals surface area contributed by atoms with Crippen molar-refractivity contribution >= 4 is 33.5 Å². The van der Waals surface area contributed by atoms with E-state index in [4.69, 9.17) is 16.3 Å². The van der Waals surface area contributed by atoms with Crippen LogP contribution in [0.2, 0.25) is 5.02 Å². The van der Waals surface area contributed by atoms with Gasteiger partial charge in [0.25, 0.3) is 5.91 Å². The Morgan fingerprint density at radius 2 is 1.87 bits per heavy atom. The lowest BCUT2D eigenvalue weighted by Crippen LogP contribution is -2.45. The molecular formula is C21H31ClN2O5S. The molecule has 168 valence electrons. The van der Waals surface area contributed by atoms with Crippen LogP contribution in [0.5, 0.6) is 0 Å². The van der Waals surface area contributed by atoms with Crippen LogP contribution in [-0.4, -0.2) is 50.3 Å². The molecule has 2 rings (SSSR count). The number of carbonyl (C=O) groups excluding carboxylic acids is 2. The number of esters is 1. The van der Waals surface area contributed by atoms with Gasteiger partial charge in [-0.15, -0.1) is 0 Å². The first-order valence-electron chi connectivity index (χ1n) is 10.4. The molecule has 1 aromatic carbocycles. The first-order chi connectivity index (χ1) is 14.1. The Hall–Kier alpha value is -1.64. The van der Waals surface area contributed by atoms with E-state index in [-0.39, 0.29) is 40.5 Å². The molecule has 1 fully saturated rings. The highest BCUT2D eigenvalue weighted by Gasteiger charge is 2.29. The van der Waals surface area contributed by atoms with E-state index in [0.717, 1.165) is 19.3 Å². The Kier molecular flexibility index (Phi) is 8.70. The van der Waals surface area contributed by atoms with E-state index in [9.17, 15) is 18.0 Å². The average Bonchev–Trinajstić information content (AvgIpc) is 2.70. The summed E-state index contributed by atoms with van der Waals surface area (Å²) in [6, 6.07) is 4.00. The number of hydrogen-bond donors (Lipinski definition) is 1. The van der Waals surface area contributed by atoms with Crippen molar-refractivity contribution in [3.63, 3.8) is 0 Å². The fraction of sp³-hybridized carbons (Fsp3) is 0.619. The lowest BCUT2D eigenvalue weighted by Gasteiger charge is -2.34. The van der Waals surface area contributed by atoms with Gasteiger partial charge in [0.05, 0.1) is 10.6 Å². The first-order valence-corrected chi connectivity index (χ1v) is 12.2. The van der Waals surface area contributed by atoms with E-state index >= 15 is 0 Å². The summed E-state index contributed by atoms with van der Waals surface area (Å²) in [6.45, 7) is 7.88. The zero-order valence-electron chi connectivity index (χ0n) is 18.0. The highest BCUT2D eigenvalue weighted by Crippen LogP contribution is 2.29. The van der Waals surface area contributed by atoms with Crippen molar-refractivity contribution in [2.75, 3.05) is 19.7 Å². The third kappa shape index (κ3) is 5.74. The van der Waals surface area contributed by atoms with Crippen LogP contribution in [0.3, 0.4) is 0 Å². The summed E-state index contributed by atoms with van der Waals surface area (Å²) < 4.78 is 31.9. The minimum absolute atomic E-state index is 0.0246. The molecule has 1 aromatic rings. The van der Waals surface area contributed by atoms with Crippen LogP contribution in [0, 0.1) is 11.8 Å². The van der Waals surface area contributed by atoms with Crippen molar-refractivity contribution in [3.8, 4) is 0 Å². The molecule has 1 saturated carbocycles. The molecule has 3 atom stereocenters. The lowest BCUT2D eigenvalue weighted by molar-refractivity contribution is -0.125. The van der Waals surface area contributed by atoms with E-state index in [0.29, 0.717) is 11.8 Å².